The van der Waals surface area contributed by atoms with Gasteiger partial charge in [0.2, 0.25) is 0 Å². The summed E-state index contributed by atoms with van der Waals surface area (Å²) in [6.07, 6.45) is 3.09. The van der Waals surface area contributed by atoms with Gasteiger partial charge in [-0.2, -0.15) is 0 Å². The Balaban J connectivity index is 2.50. The van der Waals surface area contributed by atoms with Gasteiger partial charge >= 0.3 is 5.97 Å². The van der Waals surface area contributed by atoms with Crippen molar-refractivity contribution >= 4 is 5.97 Å². The van der Waals surface area contributed by atoms with E-state index >= 15 is 0 Å². The summed E-state index contributed by atoms with van der Waals surface area (Å²) in [5.41, 5.74) is 1.90. The Kier molecular flexibility index (Phi) is 7.92. The van der Waals surface area contributed by atoms with Crippen LogP contribution in [0.3, 0.4) is 0 Å². The minimum Gasteiger partial charge on any atom is -0.481 e. The molecule has 4 nitrogen and oxygen atoms in total. The second-order valence-corrected chi connectivity index (χ2v) is 5.14. The van der Waals surface area contributed by atoms with E-state index in [-0.39, 0.29) is 13.0 Å². The highest BCUT2D eigenvalue weighted by molar-refractivity contribution is 5.70. The Hall–Kier alpha value is -1.39. The highest BCUT2D eigenvalue weighted by Gasteiger charge is 2.09. The summed E-state index contributed by atoms with van der Waals surface area (Å²) in [6, 6.07) is 7.63. The molecule has 0 radical (unpaired) electrons. The first-order chi connectivity index (χ1) is 9.67. The molecule has 1 aromatic rings. The lowest BCUT2D eigenvalue weighted by molar-refractivity contribution is -0.136. The molecule has 0 heterocycles. The molecule has 0 aromatic heterocycles. The minimum absolute atomic E-state index is 0.0624. The second kappa shape index (κ2) is 9.50. The molecule has 1 rings (SSSR count). The van der Waals surface area contributed by atoms with Gasteiger partial charge in [-0.05, 0) is 36.4 Å². The van der Waals surface area contributed by atoms with Crippen LogP contribution in [0.15, 0.2) is 24.3 Å². The van der Waals surface area contributed by atoms with Crippen LogP contribution in [0.1, 0.15) is 37.3 Å². The fourth-order valence-electron chi connectivity index (χ4n) is 2.42. The minimum atomic E-state index is -0.804. The van der Waals surface area contributed by atoms with Crippen LogP contribution in [0.2, 0.25) is 0 Å². The molecule has 0 spiro atoms. The summed E-state index contributed by atoms with van der Waals surface area (Å²) < 4.78 is 0. The lowest BCUT2D eigenvalue weighted by atomic mass is 9.99. The van der Waals surface area contributed by atoms with E-state index in [0.717, 1.165) is 36.9 Å². The van der Waals surface area contributed by atoms with Gasteiger partial charge in [0.05, 0.1) is 6.42 Å². The van der Waals surface area contributed by atoms with Crippen molar-refractivity contribution in [3.8, 4) is 0 Å². The Morgan fingerprint density at radius 1 is 1.25 bits per heavy atom. The van der Waals surface area contributed by atoms with E-state index in [1.54, 1.807) is 0 Å². The van der Waals surface area contributed by atoms with Gasteiger partial charge in [0.15, 0.2) is 0 Å². The largest absolute Gasteiger partial charge is 0.481 e. The standard InChI is InChI=1S/C16H25NO3/c1-2-5-13(8-9-18)11-17-12-15-7-4-3-6-14(15)10-16(19)20/h3-4,6-7,13,17-18H,2,5,8-12H2,1H3,(H,19,20). The number of carboxylic acid groups (broad SMARTS) is 1. The van der Waals surface area contributed by atoms with Gasteiger partial charge in [0, 0.05) is 13.2 Å². The second-order valence-electron chi connectivity index (χ2n) is 5.14. The number of nitrogens with one attached hydrogen (secondary N) is 1. The van der Waals surface area contributed by atoms with Crippen LogP contribution in [0.5, 0.6) is 0 Å². The molecule has 0 aliphatic carbocycles. The van der Waals surface area contributed by atoms with Gasteiger partial charge < -0.3 is 15.5 Å². The normalized spacial score (nSPS) is 12.3. The zero-order valence-corrected chi connectivity index (χ0v) is 12.1. The molecule has 0 saturated heterocycles. The van der Waals surface area contributed by atoms with Crippen molar-refractivity contribution in [1.82, 2.24) is 5.32 Å². The topological polar surface area (TPSA) is 69.6 Å². The molecule has 0 aliphatic heterocycles. The number of carbonyl (C=O) groups is 1. The predicted octanol–water partition coefficient (Wildman–Crippen LogP) is 2.20. The van der Waals surface area contributed by atoms with E-state index in [4.69, 9.17) is 10.2 Å². The van der Waals surface area contributed by atoms with Crippen LogP contribution in [-0.4, -0.2) is 29.3 Å². The maximum atomic E-state index is 10.8. The molecule has 20 heavy (non-hydrogen) atoms. The van der Waals surface area contributed by atoms with E-state index in [0.29, 0.717) is 12.5 Å². The molecule has 0 saturated carbocycles. The smallest absolute Gasteiger partial charge is 0.307 e. The molecule has 1 aromatic carbocycles. The molecular formula is C16H25NO3. The molecule has 0 amide bonds. The van der Waals surface area contributed by atoms with Gasteiger partial charge in [-0.25, -0.2) is 0 Å². The fraction of sp³-hybridized carbons (Fsp3) is 0.562. The van der Waals surface area contributed by atoms with Gasteiger partial charge in [0.25, 0.3) is 0 Å². The van der Waals surface area contributed by atoms with E-state index in [9.17, 15) is 4.79 Å². The van der Waals surface area contributed by atoms with Crippen LogP contribution in [-0.2, 0) is 17.8 Å². The summed E-state index contributed by atoms with van der Waals surface area (Å²) >= 11 is 0. The quantitative estimate of drug-likeness (QED) is 0.614. The summed E-state index contributed by atoms with van der Waals surface area (Å²) in [7, 11) is 0. The average Bonchev–Trinajstić information content (AvgIpc) is 2.40. The first-order valence-electron chi connectivity index (χ1n) is 7.27. The number of aliphatic hydroxyl groups is 1. The third kappa shape index (κ3) is 6.17. The van der Waals surface area contributed by atoms with Gasteiger partial charge in [0.1, 0.15) is 0 Å². The summed E-state index contributed by atoms with van der Waals surface area (Å²) in [5.74, 6) is -0.321. The monoisotopic (exact) mass is 279 g/mol. The van der Waals surface area contributed by atoms with Crippen molar-refractivity contribution < 1.29 is 15.0 Å². The van der Waals surface area contributed by atoms with Crippen LogP contribution < -0.4 is 5.32 Å². The number of rotatable bonds is 10. The Labute approximate surface area is 120 Å². The highest BCUT2D eigenvalue weighted by atomic mass is 16.4. The molecular weight excluding hydrogens is 254 g/mol. The third-order valence-electron chi connectivity index (χ3n) is 3.44. The van der Waals surface area contributed by atoms with E-state index in [1.165, 1.54) is 0 Å². The number of carboxylic acids is 1. The Morgan fingerprint density at radius 3 is 2.55 bits per heavy atom. The maximum absolute atomic E-state index is 10.8. The van der Waals surface area contributed by atoms with Crippen molar-refractivity contribution in [2.24, 2.45) is 5.92 Å². The molecule has 1 atom stereocenters. The Bertz CT molecular complexity index is 400. The predicted molar refractivity (Wildman–Crippen MR) is 79.6 cm³/mol. The number of aliphatic carboxylic acids is 1. The van der Waals surface area contributed by atoms with Crippen molar-refractivity contribution in [3.63, 3.8) is 0 Å². The molecule has 1 unspecified atom stereocenters. The van der Waals surface area contributed by atoms with E-state index in [1.807, 2.05) is 24.3 Å². The average molecular weight is 279 g/mol. The number of hydrogen-bond acceptors (Lipinski definition) is 3. The van der Waals surface area contributed by atoms with Crippen molar-refractivity contribution in [2.45, 2.75) is 39.2 Å². The molecule has 0 bridgehead atoms. The zero-order valence-electron chi connectivity index (χ0n) is 12.1. The molecule has 112 valence electrons. The van der Waals surface area contributed by atoms with Gasteiger partial charge in [-0.1, -0.05) is 37.6 Å². The number of aliphatic hydroxyl groups excluding tert-OH is 1. The molecule has 3 N–H and O–H groups in total. The van der Waals surface area contributed by atoms with Crippen LogP contribution in [0, 0.1) is 5.92 Å². The number of benzene rings is 1. The van der Waals surface area contributed by atoms with Crippen molar-refractivity contribution in [1.29, 1.82) is 0 Å². The van der Waals surface area contributed by atoms with E-state index in [2.05, 4.69) is 12.2 Å². The van der Waals surface area contributed by atoms with Crippen LogP contribution in [0.4, 0.5) is 0 Å². The summed E-state index contributed by atoms with van der Waals surface area (Å²) in [6.45, 7) is 3.90. The Morgan fingerprint density at radius 2 is 1.95 bits per heavy atom. The first kappa shape index (κ1) is 16.7. The lowest BCUT2D eigenvalue weighted by Crippen LogP contribution is -2.24. The fourth-order valence-corrected chi connectivity index (χ4v) is 2.42. The number of hydrogen-bond donors (Lipinski definition) is 3. The van der Waals surface area contributed by atoms with Crippen molar-refractivity contribution in [3.05, 3.63) is 35.4 Å². The summed E-state index contributed by atoms with van der Waals surface area (Å²) in [5, 5.41) is 21.3. The van der Waals surface area contributed by atoms with Crippen LogP contribution in [0.25, 0.3) is 0 Å². The van der Waals surface area contributed by atoms with E-state index < -0.39 is 5.97 Å². The zero-order chi connectivity index (χ0) is 14.8. The third-order valence-corrected chi connectivity index (χ3v) is 3.44. The molecule has 4 heteroatoms. The summed E-state index contributed by atoms with van der Waals surface area (Å²) in [4.78, 5) is 10.8. The molecule has 0 aliphatic rings. The maximum Gasteiger partial charge on any atom is 0.307 e. The SMILES string of the molecule is CCCC(CCO)CNCc1ccccc1CC(=O)O. The molecule has 0 fully saturated rings. The van der Waals surface area contributed by atoms with Gasteiger partial charge in [-0.15, -0.1) is 0 Å². The van der Waals surface area contributed by atoms with Crippen molar-refractivity contribution in [2.75, 3.05) is 13.2 Å². The van der Waals surface area contributed by atoms with Crippen LogP contribution >= 0.6 is 0 Å². The first-order valence-corrected chi connectivity index (χ1v) is 7.27. The highest BCUT2D eigenvalue weighted by Crippen LogP contribution is 2.12. The van der Waals surface area contributed by atoms with Gasteiger partial charge in [-0.3, -0.25) is 4.79 Å². The lowest BCUT2D eigenvalue weighted by Gasteiger charge is -2.16.